The SMILES string of the molecule is FC(F)=CCCCCCl. The lowest BCUT2D eigenvalue weighted by atomic mass is 10.2. The van der Waals surface area contributed by atoms with Crippen molar-refractivity contribution in [3.05, 3.63) is 12.2 Å². The number of hydrogen-bond acceptors (Lipinski definition) is 0. The van der Waals surface area contributed by atoms with E-state index in [1.54, 1.807) is 0 Å². The monoisotopic (exact) mass is 154 g/mol. The number of unbranched alkanes of at least 4 members (excludes halogenated alkanes) is 2. The highest BCUT2D eigenvalue weighted by atomic mass is 35.5. The summed E-state index contributed by atoms with van der Waals surface area (Å²) in [5.74, 6) is 0.557. The smallest absolute Gasteiger partial charge is 0.174 e. The minimum atomic E-state index is -1.59. The van der Waals surface area contributed by atoms with Crippen LogP contribution in [0.4, 0.5) is 8.78 Å². The van der Waals surface area contributed by atoms with E-state index < -0.39 is 6.08 Å². The summed E-state index contributed by atoms with van der Waals surface area (Å²) in [6, 6.07) is 0. The van der Waals surface area contributed by atoms with Gasteiger partial charge in [-0.1, -0.05) is 0 Å². The Labute approximate surface area is 58.5 Å². The number of halogens is 3. The zero-order chi connectivity index (χ0) is 7.11. The van der Waals surface area contributed by atoms with Crippen molar-refractivity contribution in [2.24, 2.45) is 0 Å². The number of allylic oxidation sites excluding steroid dienone is 1. The highest BCUT2D eigenvalue weighted by Gasteiger charge is 1.87. The van der Waals surface area contributed by atoms with E-state index in [-0.39, 0.29) is 0 Å². The topological polar surface area (TPSA) is 0 Å². The molecule has 0 fully saturated rings. The van der Waals surface area contributed by atoms with Crippen LogP contribution in [0.25, 0.3) is 0 Å². The summed E-state index contributed by atoms with van der Waals surface area (Å²) < 4.78 is 22.6. The molecule has 54 valence electrons. The zero-order valence-corrected chi connectivity index (χ0v) is 5.80. The average molecular weight is 155 g/mol. The maximum absolute atomic E-state index is 11.3. The van der Waals surface area contributed by atoms with Crippen LogP contribution in [-0.2, 0) is 0 Å². The number of rotatable bonds is 4. The van der Waals surface area contributed by atoms with Crippen LogP contribution in [0, 0.1) is 0 Å². The van der Waals surface area contributed by atoms with Gasteiger partial charge in [0.1, 0.15) is 0 Å². The third-order valence-electron chi connectivity index (χ3n) is 0.886. The normalized spacial score (nSPS) is 9.22. The molecule has 0 radical (unpaired) electrons. The Morgan fingerprint density at radius 3 is 2.44 bits per heavy atom. The van der Waals surface area contributed by atoms with Gasteiger partial charge in [0.15, 0.2) is 0 Å². The second-order valence-corrected chi connectivity index (χ2v) is 2.06. The molecule has 0 aliphatic heterocycles. The number of alkyl halides is 1. The first-order chi connectivity index (χ1) is 4.27. The van der Waals surface area contributed by atoms with Crippen LogP contribution < -0.4 is 0 Å². The van der Waals surface area contributed by atoms with E-state index in [9.17, 15) is 8.78 Å². The van der Waals surface area contributed by atoms with Gasteiger partial charge in [-0.2, -0.15) is 8.78 Å². The molecule has 0 atom stereocenters. The molecule has 0 rings (SSSR count). The Morgan fingerprint density at radius 1 is 1.33 bits per heavy atom. The van der Waals surface area contributed by atoms with Gasteiger partial charge in [-0.25, -0.2) is 0 Å². The van der Waals surface area contributed by atoms with Crippen LogP contribution in [0.3, 0.4) is 0 Å². The number of hydrogen-bond donors (Lipinski definition) is 0. The Kier molecular flexibility index (Phi) is 5.94. The van der Waals surface area contributed by atoms with Crippen molar-refractivity contribution in [1.82, 2.24) is 0 Å². The molecule has 0 aromatic heterocycles. The second kappa shape index (κ2) is 6.02. The van der Waals surface area contributed by atoms with Crippen LogP contribution in [0.5, 0.6) is 0 Å². The molecule has 0 bridgehead atoms. The van der Waals surface area contributed by atoms with E-state index in [4.69, 9.17) is 11.6 Å². The summed E-state index contributed by atoms with van der Waals surface area (Å²) in [7, 11) is 0. The molecular weight excluding hydrogens is 146 g/mol. The molecule has 0 unspecified atom stereocenters. The fourth-order valence-corrected chi connectivity index (χ4v) is 0.639. The largest absolute Gasteiger partial charge is 0.266 e. The Bertz CT molecular complexity index is 87.1. The van der Waals surface area contributed by atoms with Crippen molar-refractivity contribution in [2.45, 2.75) is 19.3 Å². The van der Waals surface area contributed by atoms with Crippen molar-refractivity contribution in [1.29, 1.82) is 0 Å². The molecule has 9 heavy (non-hydrogen) atoms. The summed E-state index contributed by atoms with van der Waals surface area (Å²) in [6.45, 7) is 0. The molecule has 0 spiro atoms. The molecule has 0 heterocycles. The van der Waals surface area contributed by atoms with Gasteiger partial charge in [-0.05, 0) is 25.3 Å². The molecule has 0 nitrogen and oxygen atoms in total. The van der Waals surface area contributed by atoms with Gasteiger partial charge in [0.05, 0.1) is 0 Å². The molecule has 0 amide bonds. The van der Waals surface area contributed by atoms with Crippen molar-refractivity contribution in [3.63, 3.8) is 0 Å². The van der Waals surface area contributed by atoms with Crippen LogP contribution in [-0.4, -0.2) is 5.88 Å². The summed E-state index contributed by atoms with van der Waals surface area (Å²) >= 11 is 5.31. The van der Waals surface area contributed by atoms with E-state index in [2.05, 4.69) is 0 Å². The summed E-state index contributed by atoms with van der Waals surface area (Å²) in [4.78, 5) is 0. The van der Waals surface area contributed by atoms with Crippen molar-refractivity contribution in [3.8, 4) is 0 Å². The maximum atomic E-state index is 11.3. The first kappa shape index (κ1) is 8.89. The van der Waals surface area contributed by atoms with Crippen LogP contribution in [0.1, 0.15) is 19.3 Å². The van der Waals surface area contributed by atoms with Crippen molar-refractivity contribution < 1.29 is 8.78 Å². The quantitative estimate of drug-likeness (QED) is 0.431. The van der Waals surface area contributed by atoms with Crippen LogP contribution in [0.2, 0.25) is 0 Å². The minimum absolute atomic E-state index is 0.440. The van der Waals surface area contributed by atoms with Crippen molar-refractivity contribution in [2.75, 3.05) is 5.88 Å². The minimum Gasteiger partial charge on any atom is -0.174 e. The van der Waals surface area contributed by atoms with Gasteiger partial charge in [0, 0.05) is 5.88 Å². The molecule has 0 aliphatic carbocycles. The molecule has 0 saturated carbocycles. The molecular formula is C6H9ClF2. The van der Waals surface area contributed by atoms with Gasteiger partial charge in [0.2, 0.25) is 0 Å². The van der Waals surface area contributed by atoms with Gasteiger partial charge in [-0.3, -0.25) is 0 Å². The van der Waals surface area contributed by atoms with Crippen LogP contribution >= 0.6 is 11.6 Å². The molecule has 0 N–H and O–H groups in total. The zero-order valence-electron chi connectivity index (χ0n) is 5.04. The van der Waals surface area contributed by atoms with Crippen molar-refractivity contribution >= 4 is 11.6 Å². The molecule has 0 aromatic carbocycles. The molecule has 3 heteroatoms. The second-order valence-electron chi connectivity index (χ2n) is 1.68. The highest BCUT2D eigenvalue weighted by Crippen LogP contribution is 2.03. The lowest BCUT2D eigenvalue weighted by Gasteiger charge is -1.88. The van der Waals surface area contributed by atoms with Gasteiger partial charge >= 0.3 is 0 Å². The Balaban J connectivity index is 3.00. The standard InChI is InChI=1S/C6H9ClF2/c7-5-3-1-2-4-6(8)9/h4H,1-3,5H2. The summed E-state index contributed by atoms with van der Waals surface area (Å²) in [5, 5.41) is 0. The predicted octanol–water partition coefficient (Wildman–Crippen LogP) is 3.18. The van der Waals surface area contributed by atoms with E-state index in [1.165, 1.54) is 0 Å². The summed E-state index contributed by atoms with van der Waals surface area (Å²) in [5.41, 5.74) is 0. The van der Waals surface area contributed by atoms with E-state index >= 15 is 0 Å². The first-order valence-corrected chi connectivity index (χ1v) is 3.38. The van der Waals surface area contributed by atoms with Crippen LogP contribution in [0.15, 0.2) is 12.2 Å². The lowest BCUT2D eigenvalue weighted by molar-refractivity contribution is 0.417. The highest BCUT2D eigenvalue weighted by molar-refractivity contribution is 6.17. The third kappa shape index (κ3) is 7.89. The van der Waals surface area contributed by atoms with Gasteiger partial charge < -0.3 is 0 Å². The van der Waals surface area contributed by atoms with Gasteiger partial charge in [0.25, 0.3) is 6.08 Å². The van der Waals surface area contributed by atoms with E-state index in [1.807, 2.05) is 0 Å². The molecule has 0 saturated heterocycles. The Morgan fingerprint density at radius 2 is 2.00 bits per heavy atom. The Hall–Kier alpha value is -0.110. The molecule has 0 aliphatic rings. The predicted molar refractivity (Wildman–Crippen MR) is 34.9 cm³/mol. The fourth-order valence-electron chi connectivity index (χ4n) is 0.450. The average Bonchev–Trinajstić information content (AvgIpc) is 1.80. The third-order valence-corrected chi connectivity index (χ3v) is 1.15. The first-order valence-electron chi connectivity index (χ1n) is 2.84. The van der Waals surface area contributed by atoms with E-state index in [0.29, 0.717) is 12.3 Å². The maximum Gasteiger partial charge on any atom is 0.266 e. The molecule has 0 aromatic rings. The van der Waals surface area contributed by atoms with Gasteiger partial charge in [-0.15, -0.1) is 11.6 Å². The lowest BCUT2D eigenvalue weighted by Crippen LogP contribution is -1.74. The summed E-state index contributed by atoms with van der Waals surface area (Å²) in [6.07, 6.45) is 1.33. The fraction of sp³-hybridized carbons (Fsp3) is 0.667. The van der Waals surface area contributed by atoms with E-state index in [0.717, 1.165) is 18.9 Å².